The number of nitrogens with one attached hydrogen (secondary N) is 1. The third kappa shape index (κ3) is 2.32. The lowest BCUT2D eigenvalue weighted by Gasteiger charge is -2.14. The highest BCUT2D eigenvalue weighted by molar-refractivity contribution is 7.92. The Hall–Kier alpha value is -3.06. The molecule has 3 aromatic carbocycles. The predicted molar refractivity (Wildman–Crippen MR) is 100 cm³/mol. The molecule has 0 fully saturated rings. The molecule has 0 unspecified atom stereocenters. The second kappa shape index (κ2) is 5.74. The Bertz CT molecular complexity index is 1160. The molecule has 1 aliphatic heterocycles. The van der Waals surface area contributed by atoms with Crippen LogP contribution in [0, 0.1) is 0 Å². The van der Waals surface area contributed by atoms with Crippen molar-refractivity contribution in [3.8, 4) is 5.75 Å². The number of hydrogen-bond acceptors (Lipinski definition) is 4. The fourth-order valence-electron chi connectivity index (χ4n) is 3.27. The van der Waals surface area contributed by atoms with Gasteiger partial charge in [-0.1, -0.05) is 24.3 Å². The maximum absolute atomic E-state index is 12.9. The summed E-state index contributed by atoms with van der Waals surface area (Å²) < 4.78 is 33.5. The first-order valence-corrected chi connectivity index (χ1v) is 9.42. The zero-order valence-corrected chi connectivity index (χ0v) is 15.0. The van der Waals surface area contributed by atoms with Gasteiger partial charge >= 0.3 is 0 Å². The number of carbonyl (C=O) groups is 1. The van der Waals surface area contributed by atoms with E-state index in [4.69, 9.17) is 4.74 Å². The van der Waals surface area contributed by atoms with Gasteiger partial charge in [0.25, 0.3) is 15.9 Å². The first kappa shape index (κ1) is 16.4. The Balaban J connectivity index is 1.86. The van der Waals surface area contributed by atoms with Crippen molar-refractivity contribution in [1.82, 2.24) is 0 Å². The van der Waals surface area contributed by atoms with Crippen LogP contribution < -0.4 is 14.4 Å². The molecule has 0 spiro atoms. The van der Waals surface area contributed by atoms with Crippen molar-refractivity contribution in [3.63, 3.8) is 0 Å². The Morgan fingerprint density at radius 1 is 1.00 bits per heavy atom. The molecular formula is C19H16N2O4S. The van der Waals surface area contributed by atoms with E-state index >= 15 is 0 Å². The molecular weight excluding hydrogens is 352 g/mol. The number of para-hydroxylation sites is 1. The van der Waals surface area contributed by atoms with Crippen molar-refractivity contribution < 1.29 is 17.9 Å². The number of sulfonamides is 1. The lowest BCUT2D eigenvalue weighted by atomic mass is 10.0. The minimum atomic E-state index is -3.85. The molecule has 3 aromatic rings. The summed E-state index contributed by atoms with van der Waals surface area (Å²) in [6.45, 7) is 0. The van der Waals surface area contributed by atoms with Crippen molar-refractivity contribution in [2.75, 3.05) is 23.8 Å². The average molecular weight is 368 g/mol. The van der Waals surface area contributed by atoms with E-state index in [1.54, 1.807) is 60.5 Å². The molecule has 0 saturated heterocycles. The topological polar surface area (TPSA) is 75.7 Å². The Labute approximate surface area is 151 Å². The van der Waals surface area contributed by atoms with Gasteiger partial charge in [0.15, 0.2) is 0 Å². The van der Waals surface area contributed by atoms with E-state index in [0.29, 0.717) is 16.6 Å². The lowest BCUT2D eigenvalue weighted by molar-refractivity contribution is 0.0999. The first-order valence-electron chi connectivity index (χ1n) is 7.93. The maximum Gasteiger partial charge on any atom is 0.265 e. The van der Waals surface area contributed by atoms with Gasteiger partial charge < -0.3 is 9.64 Å². The molecule has 1 heterocycles. The first-order chi connectivity index (χ1) is 12.4. The number of rotatable bonds is 4. The van der Waals surface area contributed by atoms with Crippen LogP contribution in [0.3, 0.4) is 0 Å². The smallest absolute Gasteiger partial charge is 0.265 e. The Kier molecular flexibility index (Phi) is 3.62. The van der Waals surface area contributed by atoms with Crippen LogP contribution in [0.4, 0.5) is 11.4 Å². The second-order valence-corrected chi connectivity index (χ2v) is 7.63. The summed E-state index contributed by atoms with van der Waals surface area (Å²) in [4.78, 5) is 14.0. The van der Waals surface area contributed by atoms with Gasteiger partial charge in [0.2, 0.25) is 0 Å². The number of methoxy groups -OCH3 is 1. The maximum atomic E-state index is 12.9. The van der Waals surface area contributed by atoms with Gasteiger partial charge in [0, 0.05) is 23.4 Å². The highest BCUT2D eigenvalue weighted by atomic mass is 32.2. The van der Waals surface area contributed by atoms with E-state index in [1.165, 1.54) is 13.2 Å². The summed E-state index contributed by atoms with van der Waals surface area (Å²) in [6, 6.07) is 15.1. The second-order valence-electron chi connectivity index (χ2n) is 5.98. The van der Waals surface area contributed by atoms with Crippen LogP contribution in [-0.4, -0.2) is 28.5 Å². The van der Waals surface area contributed by atoms with Crippen molar-refractivity contribution >= 4 is 38.1 Å². The molecule has 0 aromatic heterocycles. The van der Waals surface area contributed by atoms with Gasteiger partial charge in [0.1, 0.15) is 10.6 Å². The molecule has 1 aliphatic rings. The van der Waals surface area contributed by atoms with Crippen LogP contribution in [0.2, 0.25) is 0 Å². The number of hydrogen-bond donors (Lipinski definition) is 1. The fraction of sp³-hybridized carbons (Fsp3) is 0.105. The van der Waals surface area contributed by atoms with Crippen LogP contribution in [-0.2, 0) is 10.0 Å². The van der Waals surface area contributed by atoms with E-state index in [2.05, 4.69) is 4.72 Å². The van der Waals surface area contributed by atoms with Crippen molar-refractivity contribution in [3.05, 3.63) is 60.2 Å². The molecule has 0 aliphatic carbocycles. The number of ether oxygens (including phenoxy) is 1. The molecule has 26 heavy (non-hydrogen) atoms. The normalized spacial score (nSPS) is 13.3. The minimum Gasteiger partial charge on any atom is -0.495 e. The number of amides is 1. The van der Waals surface area contributed by atoms with Crippen LogP contribution in [0.5, 0.6) is 5.75 Å². The quantitative estimate of drug-likeness (QED) is 0.767. The third-order valence-electron chi connectivity index (χ3n) is 4.52. The monoisotopic (exact) mass is 368 g/mol. The van der Waals surface area contributed by atoms with Gasteiger partial charge in [-0.2, -0.15) is 0 Å². The number of anilines is 2. The number of benzene rings is 3. The lowest BCUT2D eigenvalue weighted by Crippen LogP contribution is -2.20. The van der Waals surface area contributed by atoms with Crippen LogP contribution in [0.1, 0.15) is 10.4 Å². The van der Waals surface area contributed by atoms with Gasteiger partial charge in [-0.3, -0.25) is 9.52 Å². The largest absolute Gasteiger partial charge is 0.495 e. The van der Waals surface area contributed by atoms with Gasteiger partial charge in [-0.15, -0.1) is 0 Å². The number of carbonyl (C=O) groups excluding carboxylic acids is 1. The average Bonchev–Trinajstić information content (AvgIpc) is 2.90. The Morgan fingerprint density at radius 2 is 1.77 bits per heavy atom. The summed E-state index contributed by atoms with van der Waals surface area (Å²) in [5.41, 5.74) is 1.75. The van der Waals surface area contributed by atoms with Crippen molar-refractivity contribution in [1.29, 1.82) is 0 Å². The molecule has 0 saturated carbocycles. The highest BCUT2D eigenvalue weighted by Gasteiger charge is 2.28. The van der Waals surface area contributed by atoms with Gasteiger partial charge in [-0.05, 0) is 30.3 Å². The minimum absolute atomic E-state index is 0.0546. The van der Waals surface area contributed by atoms with Crippen LogP contribution in [0.15, 0.2) is 59.5 Å². The predicted octanol–water partition coefficient (Wildman–Crippen LogP) is 3.24. The molecule has 0 atom stereocenters. The molecule has 7 heteroatoms. The molecule has 4 rings (SSSR count). The fourth-order valence-corrected chi connectivity index (χ4v) is 4.52. The van der Waals surface area contributed by atoms with E-state index < -0.39 is 10.0 Å². The zero-order valence-electron chi connectivity index (χ0n) is 14.2. The van der Waals surface area contributed by atoms with Crippen molar-refractivity contribution in [2.45, 2.75) is 4.90 Å². The summed E-state index contributed by atoms with van der Waals surface area (Å²) in [5.74, 6) is 0.163. The highest BCUT2D eigenvalue weighted by Crippen LogP contribution is 2.40. The third-order valence-corrected chi connectivity index (χ3v) is 5.92. The van der Waals surface area contributed by atoms with E-state index in [-0.39, 0.29) is 16.6 Å². The van der Waals surface area contributed by atoms with Crippen molar-refractivity contribution in [2.24, 2.45) is 0 Å². The molecule has 0 radical (unpaired) electrons. The van der Waals surface area contributed by atoms with E-state index in [0.717, 1.165) is 11.1 Å². The van der Waals surface area contributed by atoms with Gasteiger partial charge in [-0.25, -0.2) is 8.42 Å². The van der Waals surface area contributed by atoms with Crippen LogP contribution in [0.25, 0.3) is 10.8 Å². The molecule has 6 nitrogen and oxygen atoms in total. The molecule has 132 valence electrons. The van der Waals surface area contributed by atoms with E-state index in [1.807, 2.05) is 0 Å². The number of nitrogens with zero attached hydrogens (tertiary/aromatic N) is 1. The SMILES string of the molecule is COc1ccccc1S(=O)(=O)Nc1ccc2c3c(cccc13)C(=O)N2C. The van der Waals surface area contributed by atoms with E-state index in [9.17, 15) is 13.2 Å². The summed E-state index contributed by atoms with van der Waals surface area (Å²) in [5, 5.41) is 1.43. The standard InChI is InChI=1S/C19H16N2O4S/c1-21-15-11-10-14(12-6-5-7-13(18(12)15)19(21)22)20-26(23,24)17-9-4-3-8-16(17)25-2/h3-11,20H,1-2H3. The molecule has 1 amide bonds. The Morgan fingerprint density at radius 3 is 2.54 bits per heavy atom. The zero-order chi connectivity index (χ0) is 18.5. The molecule has 1 N–H and O–H groups in total. The molecule has 0 bridgehead atoms. The summed E-state index contributed by atoms with van der Waals surface area (Å²) >= 11 is 0. The van der Waals surface area contributed by atoms with Crippen LogP contribution >= 0.6 is 0 Å². The van der Waals surface area contributed by atoms with Gasteiger partial charge in [0.05, 0.1) is 18.5 Å². The summed E-state index contributed by atoms with van der Waals surface area (Å²) in [6.07, 6.45) is 0. The summed E-state index contributed by atoms with van der Waals surface area (Å²) in [7, 11) is -0.724.